The smallest absolute Gasteiger partial charge is 0.251 e. The Kier molecular flexibility index (Phi) is 5.41. The van der Waals surface area contributed by atoms with Crippen LogP contribution in [-0.2, 0) is 0 Å². The van der Waals surface area contributed by atoms with E-state index in [-0.39, 0.29) is 5.91 Å². The lowest BCUT2D eigenvalue weighted by molar-refractivity contribution is 0.0939. The molecule has 4 nitrogen and oxygen atoms in total. The number of hydrogen-bond acceptors (Lipinski definition) is 3. The van der Waals surface area contributed by atoms with Crippen LogP contribution >= 0.6 is 0 Å². The highest BCUT2D eigenvalue weighted by atomic mass is 16.5. The van der Waals surface area contributed by atoms with Crippen molar-refractivity contribution >= 4 is 5.91 Å². The largest absolute Gasteiger partial charge is 0.494 e. The molecule has 0 aromatic heterocycles. The lowest BCUT2D eigenvalue weighted by Crippen LogP contribution is -2.42. The van der Waals surface area contributed by atoms with E-state index < -0.39 is 0 Å². The van der Waals surface area contributed by atoms with Crippen molar-refractivity contribution in [2.45, 2.75) is 20.3 Å². The minimum atomic E-state index is -0.00850. The molecule has 1 aromatic rings. The molecule has 20 heavy (non-hydrogen) atoms. The lowest BCUT2D eigenvalue weighted by atomic mass is 9.88. The number of nitrogens with one attached hydrogen (secondary N) is 2. The molecule has 0 aliphatic carbocycles. The van der Waals surface area contributed by atoms with Gasteiger partial charge < -0.3 is 15.4 Å². The molecular weight excluding hydrogens is 252 g/mol. The van der Waals surface area contributed by atoms with Crippen LogP contribution in [0.1, 0.15) is 30.6 Å². The van der Waals surface area contributed by atoms with Crippen molar-refractivity contribution in [2.75, 3.05) is 26.2 Å². The molecule has 0 saturated carbocycles. The second-order valence-corrected chi connectivity index (χ2v) is 5.40. The predicted molar refractivity (Wildman–Crippen MR) is 80.1 cm³/mol. The summed E-state index contributed by atoms with van der Waals surface area (Å²) in [5.41, 5.74) is 0.685. The number of carbonyl (C=O) groups excluding carboxylic acids is 1. The van der Waals surface area contributed by atoms with Crippen molar-refractivity contribution < 1.29 is 9.53 Å². The summed E-state index contributed by atoms with van der Waals surface area (Å²) in [6.45, 7) is 7.65. The molecule has 1 fully saturated rings. The molecule has 0 radical (unpaired) electrons. The third-order valence-corrected chi connectivity index (χ3v) is 3.94. The summed E-state index contributed by atoms with van der Waals surface area (Å²) >= 11 is 0. The van der Waals surface area contributed by atoms with Gasteiger partial charge in [-0.05, 0) is 62.5 Å². The third-order valence-electron chi connectivity index (χ3n) is 3.94. The van der Waals surface area contributed by atoms with Crippen LogP contribution in [0.2, 0.25) is 0 Å². The summed E-state index contributed by atoms with van der Waals surface area (Å²) < 4.78 is 5.37. The maximum Gasteiger partial charge on any atom is 0.251 e. The quantitative estimate of drug-likeness (QED) is 0.865. The summed E-state index contributed by atoms with van der Waals surface area (Å²) in [6.07, 6.45) is 1.18. The maximum atomic E-state index is 12.1. The number of hydrogen-bond donors (Lipinski definition) is 2. The first-order chi connectivity index (χ1) is 9.70. The molecule has 0 bridgehead atoms. The van der Waals surface area contributed by atoms with Gasteiger partial charge in [-0.25, -0.2) is 0 Å². The van der Waals surface area contributed by atoms with Gasteiger partial charge in [0.25, 0.3) is 5.91 Å². The number of ether oxygens (including phenoxy) is 1. The fraction of sp³-hybridized carbons (Fsp3) is 0.562. The van der Waals surface area contributed by atoms with E-state index in [4.69, 9.17) is 4.74 Å². The van der Waals surface area contributed by atoms with E-state index in [2.05, 4.69) is 17.6 Å². The molecule has 1 heterocycles. The molecule has 1 aliphatic heterocycles. The van der Waals surface area contributed by atoms with Gasteiger partial charge in [0.05, 0.1) is 6.61 Å². The zero-order chi connectivity index (χ0) is 14.4. The molecule has 1 aliphatic rings. The standard InChI is InChI=1S/C16H24N2O2/c1-3-20-15-6-4-13(5-7-15)16(19)18-11-14-10-17-9-8-12(14)2/h4-7,12,14,17H,3,8-11H2,1-2H3,(H,18,19). The minimum Gasteiger partial charge on any atom is -0.494 e. The molecule has 2 N–H and O–H groups in total. The fourth-order valence-electron chi connectivity index (χ4n) is 2.52. The Morgan fingerprint density at radius 2 is 2.15 bits per heavy atom. The van der Waals surface area contributed by atoms with Crippen LogP contribution in [0, 0.1) is 11.8 Å². The van der Waals surface area contributed by atoms with Gasteiger partial charge >= 0.3 is 0 Å². The van der Waals surface area contributed by atoms with Crippen LogP contribution in [0.3, 0.4) is 0 Å². The Morgan fingerprint density at radius 1 is 1.40 bits per heavy atom. The maximum absolute atomic E-state index is 12.1. The zero-order valence-electron chi connectivity index (χ0n) is 12.3. The van der Waals surface area contributed by atoms with Crippen LogP contribution in [0.4, 0.5) is 0 Å². The van der Waals surface area contributed by atoms with Gasteiger partial charge in [0.2, 0.25) is 0 Å². The summed E-state index contributed by atoms with van der Waals surface area (Å²) in [5.74, 6) is 1.98. The van der Waals surface area contributed by atoms with E-state index >= 15 is 0 Å². The summed E-state index contributed by atoms with van der Waals surface area (Å²) in [5, 5.41) is 6.41. The molecule has 2 rings (SSSR count). The van der Waals surface area contributed by atoms with Crippen LogP contribution in [0.15, 0.2) is 24.3 Å². The predicted octanol–water partition coefficient (Wildman–Crippen LogP) is 2.06. The monoisotopic (exact) mass is 276 g/mol. The van der Waals surface area contributed by atoms with Gasteiger partial charge in [-0.2, -0.15) is 0 Å². The summed E-state index contributed by atoms with van der Waals surface area (Å²) in [7, 11) is 0. The van der Waals surface area contributed by atoms with Crippen LogP contribution in [0.5, 0.6) is 5.75 Å². The Labute approximate surface area is 120 Å². The van der Waals surface area contributed by atoms with Gasteiger partial charge in [0.15, 0.2) is 0 Å². The molecular formula is C16H24N2O2. The Hall–Kier alpha value is -1.55. The highest BCUT2D eigenvalue weighted by Crippen LogP contribution is 2.17. The van der Waals surface area contributed by atoms with Crippen LogP contribution < -0.4 is 15.4 Å². The molecule has 2 unspecified atom stereocenters. The van der Waals surface area contributed by atoms with Crippen LogP contribution in [0.25, 0.3) is 0 Å². The molecule has 1 aromatic carbocycles. The van der Waals surface area contributed by atoms with Crippen molar-refractivity contribution in [3.05, 3.63) is 29.8 Å². The van der Waals surface area contributed by atoms with Crippen molar-refractivity contribution in [1.29, 1.82) is 0 Å². The molecule has 1 saturated heterocycles. The molecule has 2 atom stereocenters. The average molecular weight is 276 g/mol. The minimum absolute atomic E-state index is 0.00850. The van der Waals surface area contributed by atoms with Crippen LogP contribution in [-0.4, -0.2) is 32.1 Å². The third kappa shape index (κ3) is 3.97. The number of piperidine rings is 1. The van der Waals surface area contributed by atoms with Gasteiger partial charge in [-0.1, -0.05) is 6.92 Å². The van der Waals surface area contributed by atoms with Gasteiger partial charge in [0.1, 0.15) is 5.75 Å². The van der Waals surface area contributed by atoms with Gasteiger partial charge in [-0.3, -0.25) is 4.79 Å². The number of carbonyl (C=O) groups is 1. The second-order valence-electron chi connectivity index (χ2n) is 5.40. The normalized spacial score (nSPS) is 22.3. The van der Waals surface area contributed by atoms with E-state index in [0.717, 1.165) is 25.4 Å². The topological polar surface area (TPSA) is 50.4 Å². The van der Waals surface area contributed by atoms with Crippen molar-refractivity contribution in [1.82, 2.24) is 10.6 Å². The first-order valence-electron chi connectivity index (χ1n) is 7.42. The number of rotatable bonds is 5. The SMILES string of the molecule is CCOc1ccc(C(=O)NCC2CNCCC2C)cc1. The fourth-order valence-corrected chi connectivity index (χ4v) is 2.52. The molecule has 1 amide bonds. The first kappa shape index (κ1) is 14.9. The lowest BCUT2D eigenvalue weighted by Gasteiger charge is -2.29. The number of benzene rings is 1. The number of amides is 1. The van der Waals surface area contributed by atoms with Gasteiger partial charge in [0, 0.05) is 12.1 Å². The first-order valence-corrected chi connectivity index (χ1v) is 7.42. The summed E-state index contributed by atoms with van der Waals surface area (Å²) in [6, 6.07) is 7.29. The highest BCUT2D eigenvalue weighted by molar-refractivity contribution is 5.94. The Morgan fingerprint density at radius 3 is 2.80 bits per heavy atom. The molecule has 110 valence electrons. The van der Waals surface area contributed by atoms with E-state index in [9.17, 15) is 4.79 Å². The van der Waals surface area contributed by atoms with E-state index in [1.807, 2.05) is 31.2 Å². The van der Waals surface area contributed by atoms with E-state index in [1.165, 1.54) is 6.42 Å². The molecule has 0 spiro atoms. The second kappa shape index (κ2) is 7.29. The van der Waals surface area contributed by atoms with Crippen molar-refractivity contribution in [3.8, 4) is 5.75 Å². The van der Waals surface area contributed by atoms with Gasteiger partial charge in [-0.15, -0.1) is 0 Å². The molecule has 4 heteroatoms. The van der Waals surface area contributed by atoms with E-state index in [0.29, 0.717) is 24.0 Å². The Bertz CT molecular complexity index is 431. The highest BCUT2D eigenvalue weighted by Gasteiger charge is 2.21. The van der Waals surface area contributed by atoms with Crippen molar-refractivity contribution in [3.63, 3.8) is 0 Å². The summed E-state index contributed by atoms with van der Waals surface area (Å²) in [4.78, 5) is 12.1. The zero-order valence-corrected chi connectivity index (χ0v) is 12.3. The van der Waals surface area contributed by atoms with Crippen molar-refractivity contribution in [2.24, 2.45) is 11.8 Å². The average Bonchev–Trinajstić information content (AvgIpc) is 2.47. The Balaban J connectivity index is 1.84. The van der Waals surface area contributed by atoms with E-state index in [1.54, 1.807) is 0 Å².